The number of anilines is 1. The van der Waals surface area contributed by atoms with Gasteiger partial charge in [0.25, 0.3) is 5.91 Å². The summed E-state index contributed by atoms with van der Waals surface area (Å²) in [6.45, 7) is 5.22. The average molecular weight is 433 g/mol. The number of halogens is 1. The van der Waals surface area contributed by atoms with Crippen LogP contribution in [0.15, 0.2) is 55.1 Å². The molecule has 158 valence electrons. The Hall–Kier alpha value is -2.92. The third-order valence-corrected chi connectivity index (χ3v) is 6.76. The average Bonchev–Trinajstić information content (AvgIpc) is 3.22. The first-order chi connectivity index (χ1) is 15.1. The fourth-order valence-corrected chi connectivity index (χ4v) is 4.86. The molecule has 0 aliphatic carbocycles. The number of hydrogen-bond donors (Lipinski definition) is 0. The topological polar surface area (TPSA) is 49.3 Å². The number of carbonyl (C=O) groups excluding carboxylic acids is 1. The van der Waals surface area contributed by atoms with Gasteiger partial charge in [0.2, 0.25) is 0 Å². The van der Waals surface area contributed by atoms with Gasteiger partial charge in [0.1, 0.15) is 0 Å². The van der Waals surface area contributed by atoms with Crippen LogP contribution in [-0.2, 0) is 13.1 Å². The molecule has 0 saturated carbocycles. The second-order valence-corrected chi connectivity index (χ2v) is 8.94. The van der Waals surface area contributed by atoms with E-state index in [1.165, 1.54) is 16.7 Å². The fourth-order valence-electron chi connectivity index (χ4n) is 4.66. The number of rotatable bonds is 3. The Morgan fingerprint density at radius 1 is 1.00 bits per heavy atom. The van der Waals surface area contributed by atoms with E-state index in [1.807, 2.05) is 36.4 Å². The van der Waals surface area contributed by atoms with Crippen LogP contribution in [0.1, 0.15) is 51.4 Å². The predicted octanol–water partition coefficient (Wildman–Crippen LogP) is 4.98. The zero-order chi connectivity index (χ0) is 21.4. The van der Waals surface area contributed by atoms with Gasteiger partial charge in [-0.2, -0.15) is 0 Å². The summed E-state index contributed by atoms with van der Waals surface area (Å²) >= 11 is 6.16. The molecule has 6 heteroatoms. The van der Waals surface area contributed by atoms with Crippen LogP contribution in [0.2, 0.25) is 5.02 Å². The van der Waals surface area contributed by atoms with Gasteiger partial charge in [-0.1, -0.05) is 17.7 Å². The molecule has 2 aliphatic heterocycles. The van der Waals surface area contributed by atoms with E-state index in [0.29, 0.717) is 11.5 Å². The van der Waals surface area contributed by atoms with Gasteiger partial charge < -0.3 is 9.80 Å². The number of benzene rings is 1. The molecule has 1 fully saturated rings. The third-order valence-electron chi connectivity index (χ3n) is 6.52. The molecule has 2 aliphatic rings. The zero-order valence-corrected chi connectivity index (χ0v) is 18.3. The van der Waals surface area contributed by atoms with Crippen LogP contribution in [0, 0.1) is 6.92 Å². The largest absolute Gasteiger partial charge is 0.362 e. The summed E-state index contributed by atoms with van der Waals surface area (Å²) in [5, 5.41) is 0.787. The summed E-state index contributed by atoms with van der Waals surface area (Å²) in [5.41, 5.74) is 6.71. The minimum atomic E-state index is 0.0874. The monoisotopic (exact) mass is 432 g/mol. The second-order valence-electron chi connectivity index (χ2n) is 8.50. The van der Waals surface area contributed by atoms with Gasteiger partial charge >= 0.3 is 0 Å². The Labute approximate surface area is 187 Å². The van der Waals surface area contributed by atoms with E-state index < -0.39 is 0 Å². The van der Waals surface area contributed by atoms with Crippen molar-refractivity contribution in [2.45, 2.75) is 38.8 Å². The maximum atomic E-state index is 12.9. The van der Waals surface area contributed by atoms with Crippen molar-refractivity contribution in [3.05, 3.63) is 88.0 Å². The van der Waals surface area contributed by atoms with E-state index in [1.54, 1.807) is 12.4 Å². The number of aryl methyl sites for hydroxylation is 1. The van der Waals surface area contributed by atoms with Crippen LogP contribution in [-0.4, -0.2) is 33.9 Å². The van der Waals surface area contributed by atoms with E-state index in [9.17, 15) is 4.79 Å². The van der Waals surface area contributed by atoms with Crippen molar-refractivity contribution in [2.24, 2.45) is 0 Å². The summed E-state index contributed by atoms with van der Waals surface area (Å²) in [6.07, 6.45) is 9.24. The van der Waals surface area contributed by atoms with Crippen LogP contribution in [0.3, 0.4) is 0 Å². The SMILES string of the molecule is Cc1ccncc1C(=O)N1CCC(c2cncc(N3Cc4ccc(Cl)cc4C3)c2)CC1. The van der Waals surface area contributed by atoms with Gasteiger partial charge in [0, 0.05) is 49.8 Å². The number of carbonyl (C=O) groups is 1. The van der Waals surface area contributed by atoms with Crippen LogP contribution >= 0.6 is 11.6 Å². The molecule has 5 rings (SSSR count). The van der Waals surface area contributed by atoms with Crippen molar-refractivity contribution >= 4 is 23.2 Å². The van der Waals surface area contributed by atoms with E-state index in [2.05, 4.69) is 33.1 Å². The smallest absolute Gasteiger partial charge is 0.255 e. The molecule has 1 saturated heterocycles. The van der Waals surface area contributed by atoms with E-state index in [0.717, 1.165) is 55.3 Å². The van der Waals surface area contributed by atoms with E-state index in [-0.39, 0.29) is 5.91 Å². The molecular weight excluding hydrogens is 408 g/mol. The van der Waals surface area contributed by atoms with E-state index in [4.69, 9.17) is 11.6 Å². The highest BCUT2D eigenvalue weighted by molar-refractivity contribution is 6.30. The predicted molar refractivity (Wildman–Crippen MR) is 122 cm³/mol. The second kappa shape index (κ2) is 8.31. The Bertz CT molecular complexity index is 1120. The molecule has 0 radical (unpaired) electrons. The number of amides is 1. The molecule has 1 aromatic carbocycles. The fraction of sp³-hybridized carbons (Fsp3) is 0.320. The molecule has 5 nitrogen and oxygen atoms in total. The molecule has 2 aromatic heterocycles. The van der Waals surface area contributed by atoms with E-state index >= 15 is 0 Å². The van der Waals surface area contributed by atoms with Crippen molar-refractivity contribution in [2.75, 3.05) is 18.0 Å². The molecular formula is C25H25ClN4O. The molecule has 4 heterocycles. The Balaban J connectivity index is 1.26. The van der Waals surface area contributed by atoms with Crippen molar-refractivity contribution in [1.29, 1.82) is 0 Å². The van der Waals surface area contributed by atoms with Crippen LogP contribution in [0.4, 0.5) is 5.69 Å². The van der Waals surface area contributed by atoms with Gasteiger partial charge in [-0.25, -0.2) is 0 Å². The molecule has 3 aromatic rings. The molecule has 0 N–H and O–H groups in total. The summed E-state index contributed by atoms with van der Waals surface area (Å²) in [4.78, 5) is 25.9. The van der Waals surface area contributed by atoms with Gasteiger partial charge in [-0.15, -0.1) is 0 Å². The quantitative estimate of drug-likeness (QED) is 0.585. The summed E-state index contributed by atoms with van der Waals surface area (Å²) < 4.78 is 0. The van der Waals surface area contributed by atoms with Crippen molar-refractivity contribution in [3.8, 4) is 0 Å². The lowest BCUT2D eigenvalue weighted by Crippen LogP contribution is -2.38. The minimum Gasteiger partial charge on any atom is -0.362 e. The normalized spacial score (nSPS) is 16.5. The Morgan fingerprint density at radius 3 is 2.61 bits per heavy atom. The number of likely N-dealkylation sites (tertiary alicyclic amines) is 1. The van der Waals surface area contributed by atoms with Crippen molar-refractivity contribution in [1.82, 2.24) is 14.9 Å². The first-order valence-corrected chi connectivity index (χ1v) is 11.1. The zero-order valence-electron chi connectivity index (χ0n) is 17.6. The minimum absolute atomic E-state index is 0.0874. The maximum absolute atomic E-state index is 12.9. The number of piperidine rings is 1. The lowest BCUT2D eigenvalue weighted by molar-refractivity contribution is 0.0712. The Morgan fingerprint density at radius 2 is 1.81 bits per heavy atom. The lowest BCUT2D eigenvalue weighted by atomic mass is 9.90. The number of hydrogen-bond acceptors (Lipinski definition) is 4. The summed E-state index contributed by atoms with van der Waals surface area (Å²) in [6, 6.07) is 10.3. The van der Waals surface area contributed by atoms with Gasteiger partial charge in [-0.05, 0) is 72.2 Å². The highest BCUT2D eigenvalue weighted by Gasteiger charge is 2.26. The number of nitrogens with zero attached hydrogens (tertiary/aromatic N) is 4. The van der Waals surface area contributed by atoms with Gasteiger partial charge in [-0.3, -0.25) is 14.8 Å². The standard InChI is InChI=1S/C25H25ClN4O/c1-17-4-7-27-14-24(17)25(31)29-8-5-18(6-9-29)20-11-23(13-28-12-20)30-15-19-2-3-22(26)10-21(19)16-30/h2-4,7,10-14,18H,5-6,8-9,15-16H2,1H3. The van der Waals surface area contributed by atoms with Crippen molar-refractivity contribution < 1.29 is 4.79 Å². The number of aromatic nitrogens is 2. The highest BCUT2D eigenvalue weighted by atomic mass is 35.5. The van der Waals surface area contributed by atoms with Crippen LogP contribution < -0.4 is 4.90 Å². The molecule has 0 unspecified atom stereocenters. The number of fused-ring (bicyclic) bond motifs is 1. The Kier molecular flexibility index (Phi) is 5.36. The molecule has 1 amide bonds. The van der Waals surface area contributed by atoms with Crippen LogP contribution in [0.25, 0.3) is 0 Å². The van der Waals surface area contributed by atoms with Gasteiger partial charge in [0.15, 0.2) is 0 Å². The van der Waals surface area contributed by atoms with Crippen molar-refractivity contribution in [3.63, 3.8) is 0 Å². The van der Waals surface area contributed by atoms with Crippen LogP contribution in [0.5, 0.6) is 0 Å². The maximum Gasteiger partial charge on any atom is 0.255 e. The third kappa shape index (κ3) is 4.02. The summed E-state index contributed by atoms with van der Waals surface area (Å²) in [5.74, 6) is 0.510. The summed E-state index contributed by atoms with van der Waals surface area (Å²) in [7, 11) is 0. The highest BCUT2D eigenvalue weighted by Crippen LogP contribution is 2.34. The molecule has 0 bridgehead atoms. The first kappa shape index (κ1) is 20.0. The van der Waals surface area contributed by atoms with Gasteiger partial charge in [0.05, 0.1) is 17.4 Å². The first-order valence-electron chi connectivity index (χ1n) is 10.8. The number of pyridine rings is 2. The molecule has 0 atom stereocenters. The lowest BCUT2D eigenvalue weighted by Gasteiger charge is -2.32. The molecule has 31 heavy (non-hydrogen) atoms. The molecule has 0 spiro atoms.